The first-order chi connectivity index (χ1) is 11.7. The molecule has 2 nitrogen and oxygen atoms in total. The van der Waals surface area contributed by atoms with Gasteiger partial charge < -0.3 is 9.16 Å². The molecule has 0 saturated heterocycles. The third kappa shape index (κ3) is 3.38. The van der Waals surface area contributed by atoms with Crippen molar-refractivity contribution in [3.8, 4) is 5.75 Å². The van der Waals surface area contributed by atoms with E-state index in [4.69, 9.17) is 9.16 Å². The van der Waals surface area contributed by atoms with Crippen LogP contribution in [0.15, 0.2) is 48.5 Å². The van der Waals surface area contributed by atoms with Crippen LogP contribution in [0.1, 0.15) is 37.5 Å². The van der Waals surface area contributed by atoms with Crippen molar-refractivity contribution in [1.29, 1.82) is 0 Å². The minimum Gasteiger partial charge on any atom is -0.543 e. The Hall–Kier alpha value is -2.00. The molecule has 0 saturated carbocycles. The van der Waals surface area contributed by atoms with Gasteiger partial charge in [-0.1, -0.05) is 51.1 Å². The molecular formula is C22H28O2Si. The van der Waals surface area contributed by atoms with Gasteiger partial charge in [0.15, 0.2) is 0 Å². The Labute approximate surface area is 152 Å². The highest BCUT2D eigenvalue weighted by Gasteiger charge is 2.41. The van der Waals surface area contributed by atoms with Gasteiger partial charge >= 0.3 is 0 Å². The molecule has 0 bridgehead atoms. The van der Waals surface area contributed by atoms with E-state index >= 15 is 0 Å². The molecule has 1 aliphatic carbocycles. The normalized spacial score (nSPS) is 14.5. The molecule has 0 spiro atoms. The summed E-state index contributed by atoms with van der Waals surface area (Å²) in [5.74, 6) is 1.97. The molecule has 0 N–H and O–H groups in total. The van der Waals surface area contributed by atoms with E-state index in [1.165, 1.54) is 22.3 Å². The Morgan fingerprint density at radius 1 is 0.960 bits per heavy atom. The maximum Gasteiger partial charge on any atom is 0.250 e. The Bertz CT molecular complexity index is 799. The average Bonchev–Trinajstić information content (AvgIpc) is 2.92. The lowest BCUT2D eigenvalue weighted by Crippen LogP contribution is -2.40. The van der Waals surface area contributed by atoms with Crippen LogP contribution in [-0.2, 0) is 10.8 Å². The van der Waals surface area contributed by atoms with Crippen molar-refractivity contribution in [1.82, 2.24) is 0 Å². The largest absolute Gasteiger partial charge is 0.543 e. The Kier molecular flexibility index (Phi) is 4.54. The minimum atomic E-state index is -1.92. The zero-order valence-corrected chi connectivity index (χ0v) is 17.1. The summed E-state index contributed by atoms with van der Waals surface area (Å²) < 4.78 is 12.2. The van der Waals surface area contributed by atoms with Gasteiger partial charge in [0.05, 0.1) is 7.11 Å². The number of benzene rings is 2. The van der Waals surface area contributed by atoms with Crippen LogP contribution in [0, 0.1) is 0 Å². The smallest absolute Gasteiger partial charge is 0.250 e. The maximum absolute atomic E-state index is 6.81. The fourth-order valence-corrected chi connectivity index (χ4v) is 3.95. The maximum atomic E-state index is 6.81. The van der Waals surface area contributed by atoms with Crippen molar-refractivity contribution in [2.75, 3.05) is 7.11 Å². The van der Waals surface area contributed by atoms with E-state index < -0.39 is 8.32 Å². The van der Waals surface area contributed by atoms with Crippen LogP contribution in [0.2, 0.25) is 18.1 Å². The number of rotatable bonds is 4. The van der Waals surface area contributed by atoms with E-state index in [-0.39, 0.29) is 5.04 Å². The van der Waals surface area contributed by atoms with Gasteiger partial charge in [-0.2, -0.15) is 0 Å². The Morgan fingerprint density at radius 2 is 1.64 bits per heavy atom. The zero-order chi connectivity index (χ0) is 18.2. The summed E-state index contributed by atoms with van der Waals surface area (Å²) >= 11 is 0. The number of allylic oxidation sites excluding steroid dienone is 1. The number of methoxy groups -OCH3 is 1. The second-order valence-corrected chi connectivity index (χ2v) is 13.0. The van der Waals surface area contributed by atoms with Crippen LogP contribution in [0.5, 0.6) is 5.75 Å². The molecule has 0 unspecified atom stereocenters. The minimum absolute atomic E-state index is 0.164. The van der Waals surface area contributed by atoms with Crippen molar-refractivity contribution >= 4 is 19.6 Å². The molecule has 0 heterocycles. The molecule has 0 amide bonds. The molecule has 3 rings (SSSR count). The molecule has 2 aromatic carbocycles. The van der Waals surface area contributed by atoms with Gasteiger partial charge in [0.1, 0.15) is 11.5 Å². The van der Waals surface area contributed by atoms with E-state index in [0.29, 0.717) is 0 Å². The number of hydrogen-bond donors (Lipinski definition) is 0. The molecule has 0 fully saturated rings. The van der Waals surface area contributed by atoms with Gasteiger partial charge in [-0.3, -0.25) is 0 Å². The van der Waals surface area contributed by atoms with E-state index in [1.54, 1.807) is 7.11 Å². The van der Waals surface area contributed by atoms with Gasteiger partial charge in [-0.15, -0.1) is 0 Å². The second kappa shape index (κ2) is 6.38. The molecule has 3 heteroatoms. The van der Waals surface area contributed by atoms with Crippen LogP contribution in [-0.4, -0.2) is 15.4 Å². The monoisotopic (exact) mass is 352 g/mol. The number of ether oxygens (including phenoxy) is 1. The van der Waals surface area contributed by atoms with Crippen molar-refractivity contribution in [2.45, 2.75) is 45.3 Å². The molecular weight excluding hydrogens is 324 g/mol. The molecule has 0 radical (unpaired) electrons. The summed E-state index contributed by atoms with van der Waals surface area (Å²) in [4.78, 5) is 0. The molecule has 1 aliphatic rings. The van der Waals surface area contributed by atoms with E-state index in [0.717, 1.165) is 17.9 Å². The predicted octanol–water partition coefficient (Wildman–Crippen LogP) is 6.14. The standard InChI is InChI=1S/C22H28O2Si/c1-22(2,3)25(5,6)24-21-19-13-12-18(23-4)14-17(19)15-20(21)16-10-8-7-9-11-16/h7-14H,15H2,1-6H3. The van der Waals surface area contributed by atoms with Crippen LogP contribution >= 0.6 is 0 Å². The van der Waals surface area contributed by atoms with Crippen molar-refractivity contribution in [3.63, 3.8) is 0 Å². The van der Waals surface area contributed by atoms with Gasteiger partial charge in [-0.05, 0) is 47.5 Å². The zero-order valence-electron chi connectivity index (χ0n) is 16.1. The molecule has 0 aliphatic heterocycles. The SMILES string of the molecule is COc1ccc2c(c1)CC(c1ccccc1)=C2O[Si](C)(C)C(C)(C)C. The van der Waals surface area contributed by atoms with Crippen LogP contribution in [0.4, 0.5) is 0 Å². The third-order valence-corrected chi connectivity index (χ3v) is 9.81. The first kappa shape index (κ1) is 17.8. The summed E-state index contributed by atoms with van der Waals surface area (Å²) in [7, 11) is -0.207. The molecule has 25 heavy (non-hydrogen) atoms. The molecule has 0 aromatic heterocycles. The van der Waals surface area contributed by atoms with Gasteiger partial charge in [-0.25, -0.2) is 0 Å². The third-order valence-electron chi connectivity index (χ3n) is 5.48. The second-order valence-electron chi connectivity index (χ2n) is 8.24. The summed E-state index contributed by atoms with van der Waals surface area (Å²) in [5.41, 5.74) is 5.02. The number of hydrogen-bond acceptors (Lipinski definition) is 2. The fraction of sp³-hybridized carbons (Fsp3) is 0.364. The first-order valence-corrected chi connectivity index (χ1v) is 11.8. The van der Waals surface area contributed by atoms with Crippen LogP contribution in [0.3, 0.4) is 0 Å². The lowest BCUT2D eigenvalue weighted by atomic mass is 10.0. The van der Waals surface area contributed by atoms with Gasteiger partial charge in [0.25, 0.3) is 8.32 Å². The van der Waals surface area contributed by atoms with E-state index in [2.05, 4.69) is 76.3 Å². The van der Waals surface area contributed by atoms with Crippen molar-refractivity contribution in [2.24, 2.45) is 0 Å². The highest BCUT2D eigenvalue weighted by atomic mass is 28.4. The van der Waals surface area contributed by atoms with Gasteiger partial charge in [0, 0.05) is 17.6 Å². The Morgan fingerprint density at radius 3 is 2.24 bits per heavy atom. The highest BCUT2D eigenvalue weighted by molar-refractivity contribution is 6.75. The van der Waals surface area contributed by atoms with Gasteiger partial charge in [0.2, 0.25) is 0 Å². The topological polar surface area (TPSA) is 18.5 Å². The van der Waals surface area contributed by atoms with E-state index in [9.17, 15) is 0 Å². The lowest BCUT2D eigenvalue weighted by Gasteiger charge is -2.37. The summed E-state index contributed by atoms with van der Waals surface area (Å²) in [6, 6.07) is 16.9. The Balaban J connectivity index is 2.10. The quantitative estimate of drug-likeness (QED) is 0.615. The molecule has 2 aromatic rings. The fourth-order valence-electron chi connectivity index (χ4n) is 2.90. The molecule has 0 atom stereocenters. The van der Waals surface area contributed by atoms with Crippen molar-refractivity contribution in [3.05, 3.63) is 65.2 Å². The highest BCUT2D eigenvalue weighted by Crippen LogP contribution is 2.46. The summed E-state index contributed by atoms with van der Waals surface area (Å²) in [6.07, 6.45) is 0.889. The summed E-state index contributed by atoms with van der Waals surface area (Å²) in [6.45, 7) is 11.5. The predicted molar refractivity (Wildman–Crippen MR) is 108 cm³/mol. The number of fused-ring (bicyclic) bond motifs is 1. The first-order valence-electron chi connectivity index (χ1n) is 8.88. The van der Waals surface area contributed by atoms with Crippen LogP contribution in [0.25, 0.3) is 11.3 Å². The van der Waals surface area contributed by atoms with Crippen LogP contribution < -0.4 is 4.74 Å². The average molecular weight is 353 g/mol. The summed E-state index contributed by atoms with van der Waals surface area (Å²) in [5, 5.41) is 0.164. The lowest BCUT2D eigenvalue weighted by molar-refractivity contribution is 0.414. The van der Waals surface area contributed by atoms with E-state index in [1.807, 2.05) is 6.07 Å². The van der Waals surface area contributed by atoms with Crippen molar-refractivity contribution < 1.29 is 9.16 Å². The molecule has 132 valence electrons.